The Kier molecular flexibility index (Phi) is 3.53. The molecule has 1 fully saturated rings. The lowest BCUT2D eigenvalue weighted by Crippen LogP contribution is -2.33. The van der Waals surface area contributed by atoms with Crippen LogP contribution in [-0.2, 0) is 0 Å². The van der Waals surface area contributed by atoms with Crippen LogP contribution < -0.4 is 4.90 Å². The van der Waals surface area contributed by atoms with Crippen LogP contribution in [-0.4, -0.2) is 13.1 Å². The lowest BCUT2D eigenvalue weighted by molar-refractivity contribution is 0.438. The minimum Gasteiger partial charge on any atom is -0.371 e. The molecular weight excluding hydrogens is 269 g/mol. The maximum Gasteiger partial charge on any atom is 0.137 e. The number of piperidine rings is 1. The van der Waals surface area contributed by atoms with E-state index in [0.29, 0.717) is 4.47 Å². The van der Waals surface area contributed by atoms with E-state index in [9.17, 15) is 4.39 Å². The molecule has 1 nitrogen and oxygen atoms in total. The maximum absolute atomic E-state index is 13.3. The van der Waals surface area contributed by atoms with Gasteiger partial charge < -0.3 is 4.90 Å². The van der Waals surface area contributed by atoms with E-state index >= 15 is 0 Å². The third-order valence-corrected chi connectivity index (χ3v) is 3.97. The molecule has 0 N–H and O–H groups in total. The molecule has 0 amide bonds. The van der Waals surface area contributed by atoms with Crippen molar-refractivity contribution in [3.8, 4) is 0 Å². The Hall–Kier alpha value is -0.570. The Morgan fingerprint density at radius 2 is 1.94 bits per heavy atom. The van der Waals surface area contributed by atoms with Crippen molar-refractivity contribution in [1.29, 1.82) is 0 Å². The second kappa shape index (κ2) is 4.74. The molecular formula is C13H17BrFN. The van der Waals surface area contributed by atoms with Crippen LogP contribution in [0.5, 0.6) is 0 Å². The van der Waals surface area contributed by atoms with Gasteiger partial charge in [0.2, 0.25) is 0 Å². The molecule has 1 saturated heterocycles. The summed E-state index contributed by atoms with van der Waals surface area (Å²) in [6, 6.07) is 3.51. The van der Waals surface area contributed by atoms with Gasteiger partial charge in [-0.05, 0) is 59.3 Å². The van der Waals surface area contributed by atoms with Gasteiger partial charge >= 0.3 is 0 Å². The van der Waals surface area contributed by atoms with Gasteiger partial charge in [0, 0.05) is 18.8 Å². The van der Waals surface area contributed by atoms with Crippen LogP contribution >= 0.6 is 15.9 Å². The first kappa shape index (κ1) is 11.9. The molecule has 1 aromatic carbocycles. The summed E-state index contributed by atoms with van der Waals surface area (Å²) in [5.74, 6) is 0.645. The molecule has 1 aliphatic heterocycles. The fraction of sp³-hybridized carbons (Fsp3) is 0.538. The first-order valence-corrected chi connectivity index (χ1v) is 6.58. The number of rotatable bonds is 1. The lowest BCUT2D eigenvalue weighted by atomic mass is 9.98. The fourth-order valence-corrected chi connectivity index (χ4v) is 2.56. The highest BCUT2D eigenvalue weighted by Crippen LogP contribution is 2.30. The van der Waals surface area contributed by atoms with Crippen LogP contribution in [0.25, 0.3) is 0 Å². The third kappa shape index (κ3) is 2.40. The summed E-state index contributed by atoms with van der Waals surface area (Å²) in [7, 11) is 0. The monoisotopic (exact) mass is 285 g/mol. The predicted octanol–water partition coefficient (Wildman–Crippen LogP) is 4.13. The highest BCUT2D eigenvalue weighted by Gasteiger charge is 2.18. The lowest BCUT2D eigenvalue weighted by Gasteiger charge is -2.33. The van der Waals surface area contributed by atoms with Crippen molar-refractivity contribution in [2.45, 2.75) is 26.7 Å². The summed E-state index contributed by atoms with van der Waals surface area (Å²) in [4.78, 5) is 2.36. The second-order valence-electron chi connectivity index (χ2n) is 4.72. The summed E-state index contributed by atoms with van der Waals surface area (Å²) in [5, 5.41) is 0. The number of nitrogens with zero attached hydrogens (tertiary/aromatic N) is 1. The van der Waals surface area contributed by atoms with Gasteiger partial charge in [-0.1, -0.05) is 6.92 Å². The number of hydrogen-bond acceptors (Lipinski definition) is 1. The van der Waals surface area contributed by atoms with Crippen LogP contribution in [0.2, 0.25) is 0 Å². The normalized spacial score (nSPS) is 17.9. The van der Waals surface area contributed by atoms with Gasteiger partial charge in [0.1, 0.15) is 5.82 Å². The van der Waals surface area contributed by atoms with Gasteiger partial charge in [0.05, 0.1) is 4.47 Å². The molecule has 88 valence electrons. The molecule has 0 spiro atoms. The van der Waals surface area contributed by atoms with Crippen LogP contribution in [0.15, 0.2) is 16.6 Å². The molecule has 0 bridgehead atoms. The van der Waals surface area contributed by atoms with Crippen molar-refractivity contribution in [1.82, 2.24) is 0 Å². The SMILES string of the molecule is Cc1cc(F)c(Br)cc1N1CCC(C)CC1. The second-order valence-corrected chi connectivity index (χ2v) is 5.58. The van der Waals surface area contributed by atoms with Gasteiger partial charge in [-0.3, -0.25) is 0 Å². The Morgan fingerprint density at radius 1 is 1.31 bits per heavy atom. The fourth-order valence-electron chi connectivity index (χ4n) is 2.23. The van der Waals surface area contributed by atoms with E-state index in [0.717, 1.165) is 24.6 Å². The van der Waals surface area contributed by atoms with Crippen molar-refractivity contribution < 1.29 is 4.39 Å². The summed E-state index contributed by atoms with van der Waals surface area (Å²) in [6.45, 7) is 6.44. The molecule has 16 heavy (non-hydrogen) atoms. The highest BCUT2D eigenvalue weighted by atomic mass is 79.9. The zero-order chi connectivity index (χ0) is 11.7. The van der Waals surface area contributed by atoms with Gasteiger partial charge in [0.25, 0.3) is 0 Å². The molecule has 0 radical (unpaired) electrons. The van der Waals surface area contributed by atoms with Crippen molar-refractivity contribution in [3.05, 3.63) is 28.0 Å². The molecule has 0 atom stereocenters. The number of aryl methyl sites for hydroxylation is 1. The molecule has 1 aromatic rings. The quantitative estimate of drug-likeness (QED) is 0.750. The van der Waals surface area contributed by atoms with E-state index in [4.69, 9.17) is 0 Å². The molecule has 1 heterocycles. The zero-order valence-corrected chi connectivity index (χ0v) is 11.3. The Bertz CT molecular complexity index is 384. The van der Waals surface area contributed by atoms with Gasteiger partial charge in [-0.2, -0.15) is 0 Å². The van der Waals surface area contributed by atoms with Crippen molar-refractivity contribution in [2.75, 3.05) is 18.0 Å². The maximum atomic E-state index is 13.3. The Balaban J connectivity index is 2.23. The average molecular weight is 286 g/mol. The van der Waals surface area contributed by atoms with E-state index in [1.54, 1.807) is 6.07 Å². The molecule has 0 saturated carbocycles. The molecule has 2 rings (SSSR count). The number of benzene rings is 1. The van der Waals surface area contributed by atoms with Crippen molar-refractivity contribution in [3.63, 3.8) is 0 Å². The van der Waals surface area contributed by atoms with Gasteiger partial charge in [0.15, 0.2) is 0 Å². The summed E-state index contributed by atoms with van der Waals surface area (Å²) in [5.41, 5.74) is 2.19. The van der Waals surface area contributed by atoms with Crippen LogP contribution in [0.1, 0.15) is 25.3 Å². The zero-order valence-electron chi connectivity index (χ0n) is 9.76. The molecule has 1 aliphatic rings. The largest absolute Gasteiger partial charge is 0.371 e. The van der Waals surface area contributed by atoms with Crippen LogP contribution in [0.3, 0.4) is 0 Å². The summed E-state index contributed by atoms with van der Waals surface area (Å²) in [6.07, 6.45) is 2.46. The first-order chi connectivity index (χ1) is 7.58. The number of anilines is 1. The minimum absolute atomic E-state index is 0.174. The number of halogens is 2. The van der Waals surface area contributed by atoms with Crippen LogP contribution in [0, 0.1) is 18.7 Å². The minimum atomic E-state index is -0.174. The van der Waals surface area contributed by atoms with E-state index in [2.05, 4.69) is 27.8 Å². The predicted molar refractivity (Wildman–Crippen MR) is 69.4 cm³/mol. The Morgan fingerprint density at radius 3 is 2.56 bits per heavy atom. The standard InChI is InChI=1S/C13H17BrFN/c1-9-3-5-16(6-4-9)13-8-11(14)12(15)7-10(13)2/h7-9H,3-6H2,1-2H3. The summed E-state index contributed by atoms with van der Waals surface area (Å²) < 4.78 is 13.9. The number of hydrogen-bond donors (Lipinski definition) is 0. The highest BCUT2D eigenvalue weighted by molar-refractivity contribution is 9.10. The van der Waals surface area contributed by atoms with Crippen LogP contribution in [0.4, 0.5) is 10.1 Å². The average Bonchev–Trinajstić information content (AvgIpc) is 2.25. The Labute approximate surface area is 105 Å². The molecule has 0 unspecified atom stereocenters. The topological polar surface area (TPSA) is 3.24 Å². The third-order valence-electron chi connectivity index (χ3n) is 3.36. The van der Waals surface area contributed by atoms with E-state index in [1.165, 1.54) is 18.5 Å². The molecule has 3 heteroatoms. The van der Waals surface area contributed by atoms with Crippen molar-refractivity contribution in [2.24, 2.45) is 5.92 Å². The smallest absolute Gasteiger partial charge is 0.137 e. The van der Waals surface area contributed by atoms with E-state index < -0.39 is 0 Å². The molecule has 0 aliphatic carbocycles. The molecule has 0 aromatic heterocycles. The van der Waals surface area contributed by atoms with E-state index in [1.807, 2.05) is 13.0 Å². The van der Waals surface area contributed by atoms with Gasteiger partial charge in [-0.25, -0.2) is 4.39 Å². The van der Waals surface area contributed by atoms with Crippen molar-refractivity contribution >= 4 is 21.6 Å². The van der Waals surface area contributed by atoms with E-state index in [-0.39, 0.29) is 5.82 Å². The van der Waals surface area contributed by atoms with Gasteiger partial charge in [-0.15, -0.1) is 0 Å². The summed E-state index contributed by atoms with van der Waals surface area (Å²) >= 11 is 3.26. The first-order valence-electron chi connectivity index (χ1n) is 5.78.